The van der Waals surface area contributed by atoms with Crippen LogP contribution in [-0.4, -0.2) is 312 Å². The summed E-state index contributed by atoms with van der Waals surface area (Å²) in [5.74, 6) is -9.54. The van der Waals surface area contributed by atoms with Crippen molar-refractivity contribution in [3.8, 4) is 5.75 Å². The fourth-order valence-corrected chi connectivity index (χ4v) is 14.8. The number of ether oxygens (including phenoxy) is 7. The van der Waals surface area contributed by atoms with Crippen molar-refractivity contribution in [2.24, 2.45) is 33.3 Å². The molecule has 7 fully saturated rings. The third-order valence-corrected chi connectivity index (χ3v) is 20.4. The Morgan fingerprint density at radius 1 is 0.640 bits per heavy atom. The number of benzene rings is 2. The normalized spacial score (nSPS) is 40.2. The highest BCUT2D eigenvalue weighted by molar-refractivity contribution is 5.98. The SMILES string of the molecule is C[C@@H](c1ccccc1)[C@@H]1NC(=O)CNC(=O)[C@H](CO)NC(=O)[C@@H]([C@@H](O)[C@@H]2CN=C(N)N2[C@H]2O[C@H](CO)[C@@H](O)[C@H](O)[C@@H]2O)NC(=O)[C@H]([C@@H](O)[C@@H]2CNC(N)=N2)NC(=O)[C@@H](Cc2ccc(O[C@H]3O[C@H](CO)[C@@H](O[C@H]4O[C@@H]5COC6(O[C@H]5[C@H](O)[C@@H]4O)C4CCCC6CCC4)[C@H](O)[C@@H]3O)cc2)NC1=O. The quantitative estimate of drug-likeness (QED) is 0.0742. The maximum absolute atomic E-state index is 15.2. The predicted molar refractivity (Wildman–Crippen MR) is 338 cm³/mol. The van der Waals surface area contributed by atoms with Gasteiger partial charge in [-0.15, -0.1) is 0 Å². The number of rotatable bonds is 16. The minimum Gasteiger partial charge on any atom is -0.462 e. The molecule has 7 aliphatic heterocycles. The highest BCUT2D eigenvalue weighted by Gasteiger charge is 2.61. The first-order chi connectivity index (χ1) is 47.8. The fraction of sp³-hybridized carbons (Fsp3) is 0.683. The van der Waals surface area contributed by atoms with Gasteiger partial charge in [-0.25, -0.2) is 4.99 Å². The molecule has 6 amide bonds. The number of fused-ring (bicyclic) bond motifs is 1. The van der Waals surface area contributed by atoms with E-state index in [1.54, 1.807) is 37.3 Å². The summed E-state index contributed by atoms with van der Waals surface area (Å²) in [7, 11) is 0. The van der Waals surface area contributed by atoms with Gasteiger partial charge in [0.05, 0.1) is 51.6 Å². The van der Waals surface area contributed by atoms with Gasteiger partial charge in [0.25, 0.3) is 0 Å². The second-order valence-corrected chi connectivity index (χ2v) is 26.7. The summed E-state index contributed by atoms with van der Waals surface area (Å²) in [6.07, 6.45) is -23.6. The van der Waals surface area contributed by atoms with E-state index in [4.69, 9.17) is 44.6 Å². The maximum atomic E-state index is 15.2. The Labute approximate surface area is 571 Å². The van der Waals surface area contributed by atoms with Gasteiger partial charge in [-0.05, 0) is 48.9 Å². The monoisotopic (exact) mass is 1410 g/mol. The first-order valence-corrected chi connectivity index (χ1v) is 33.5. The lowest BCUT2D eigenvalue weighted by molar-refractivity contribution is -0.430. The number of nitrogens with two attached hydrogens (primary N) is 2. The van der Waals surface area contributed by atoms with Crippen molar-refractivity contribution >= 4 is 47.4 Å². The largest absolute Gasteiger partial charge is 0.462 e. The van der Waals surface area contributed by atoms with Crippen molar-refractivity contribution in [2.75, 3.05) is 46.1 Å². The van der Waals surface area contributed by atoms with Crippen LogP contribution in [0.1, 0.15) is 62.5 Å². The molecular weight excluding hydrogens is 1320 g/mol. The standard InChI is InChI=1S/C63H90N12O25/c1-25(27-7-3-2-4-8-27)39-55(91)69-31(17-26-13-15-30(16-14-26)95-59-49(87)46(84)51(36(23-78)97-59)99-60-50(88)47(85)52-37(98-60)24-94-63(100-52)28-9-5-10-29(63)12-6-11-28)54(90)73-40(42(80)32-18-67-61(64)71-32)57(93)74-41(56(92)70-33(21-76)53(89)66-20-38(79)72-39)43(81)34-19-68-62(65)75(34)58-48(86)45(83)44(82)35(22-77)96-58/h2-4,7-8,13-16,25,28-29,31-37,39-52,58-60,76-78,80-88H,5-6,9-12,17-24H2,1H3,(H2,65,68)(H,66,89)(H,69,91)(H,70,92)(H,72,79)(H,73,90)(H,74,93)(H3,64,67,71)/t25-,28?,29?,31+,32-,33-,34-,35+,36+,37+,39-,40-,41+,42-,43-,44+,45-,46+,47+,48-,49-,50-,51+,52+,58-,59-,60+,63?/m0/s1. The van der Waals surface area contributed by atoms with E-state index in [9.17, 15) is 80.5 Å². The molecule has 9 aliphatic rings. The molecule has 0 unspecified atom stereocenters. The van der Waals surface area contributed by atoms with E-state index in [2.05, 4.69) is 47.2 Å². The Morgan fingerprint density at radius 3 is 1.92 bits per heavy atom. The van der Waals surface area contributed by atoms with Crippen LogP contribution < -0.4 is 53.4 Å². The van der Waals surface area contributed by atoms with Crippen LogP contribution in [-0.2, 0) is 63.6 Å². The number of amides is 6. The second kappa shape index (κ2) is 31.6. The van der Waals surface area contributed by atoms with Gasteiger partial charge < -0.3 is 148 Å². The number of aliphatic hydroxyl groups is 12. The zero-order chi connectivity index (χ0) is 71.6. The number of aliphatic imine (C=N–C) groups is 2. The Morgan fingerprint density at radius 2 is 1.27 bits per heavy atom. The topological polar surface area (TPSA) is 574 Å². The summed E-state index contributed by atoms with van der Waals surface area (Å²) in [5.41, 5.74) is 12.9. The summed E-state index contributed by atoms with van der Waals surface area (Å²) >= 11 is 0. The first-order valence-electron chi connectivity index (χ1n) is 33.5. The molecule has 37 heteroatoms. The maximum Gasteiger partial charge on any atom is 0.246 e. The molecule has 2 aromatic carbocycles. The molecule has 100 heavy (non-hydrogen) atoms. The van der Waals surface area contributed by atoms with Gasteiger partial charge in [-0.2, -0.15) is 0 Å². The molecule has 11 rings (SSSR count). The smallest absolute Gasteiger partial charge is 0.246 e. The molecule has 2 aliphatic carbocycles. The second-order valence-electron chi connectivity index (χ2n) is 26.7. The average molecular weight is 1420 g/mol. The van der Waals surface area contributed by atoms with E-state index in [-0.39, 0.29) is 42.3 Å². The summed E-state index contributed by atoms with van der Waals surface area (Å²) in [4.78, 5) is 96.7. The summed E-state index contributed by atoms with van der Waals surface area (Å²) in [6.45, 7) is -2.95. The van der Waals surface area contributed by atoms with E-state index in [0.717, 1.165) is 43.4 Å². The molecule has 23 N–H and O–H groups in total. The van der Waals surface area contributed by atoms with Crippen LogP contribution in [0.25, 0.3) is 0 Å². The van der Waals surface area contributed by atoms with Crippen molar-refractivity contribution in [2.45, 2.75) is 210 Å². The summed E-state index contributed by atoms with van der Waals surface area (Å²) in [6, 6.07) is 1.05. The van der Waals surface area contributed by atoms with Gasteiger partial charge in [-0.3, -0.25) is 33.8 Å². The van der Waals surface area contributed by atoms with Gasteiger partial charge in [0, 0.05) is 30.7 Å². The minimum absolute atomic E-state index is 0.0150. The Hall–Kier alpha value is -7.12. The number of hydrogen-bond donors (Lipinski definition) is 21. The van der Waals surface area contributed by atoms with Crippen LogP contribution in [0.4, 0.5) is 0 Å². The van der Waals surface area contributed by atoms with Crippen LogP contribution in [0.2, 0.25) is 0 Å². The highest BCUT2D eigenvalue weighted by atomic mass is 16.8. The number of carbonyl (C=O) groups is 6. The fourth-order valence-electron chi connectivity index (χ4n) is 14.8. The van der Waals surface area contributed by atoms with Gasteiger partial charge in [0.15, 0.2) is 30.2 Å². The molecule has 0 radical (unpaired) electrons. The van der Waals surface area contributed by atoms with E-state index >= 15 is 9.59 Å². The highest BCUT2D eigenvalue weighted by Crippen LogP contribution is 2.53. The van der Waals surface area contributed by atoms with Crippen LogP contribution in [0.5, 0.6) is 5.75 Å². The van der Waals surface area contributed by atoms with Gasteiger partial charge in [0.1, 0.15) is 121 Å². The Bertz CT molecular complexity index is 3250. The average Bonchev–Trinajstić information content (AvgIpc) is 0.828. The van der Waals surface area contributed by atoms with Crippen LogP contribution in [0.15, 0.2) is 64.6 Å². The lowest BCUT2D eigenvalue weighted by Gasteiger charge is -2.58. The van der Waals surface area contributed by atoms with E-state index in [0.29, 0.717) is 5.56 Å². The first kappa shape index (κ1) is 74.1. The number of carbonyl (C=O) groups excluding carboxylic acids is 6. The van der Waals surface area contributed by atoms with E-state index < -0.39 is 239 Å². The number of guanidine groups is 2. The Kier molecular flexibility index (Phi) is 23.4. The zero-order valence-electron chi connectivity index (χ0n) is 54.4. The third-order valence-electron chi connectivity index (χ3n) is 20.4. The van der Waals surface area contributed by atoms with Gasteiger partial charge in [-0.1, -0.05) is 62.2 Å². The summed E-state index contributed by atoms with van der Waals surface area (Å²) in [5, 5.41) is 151. The molecule has 0 aromatic heterocycles. The van der Waals surface area contributed by atoms with Crippen molar-refractivity contribution in [3.63, 3.8) is 0 Å². The molecule has 1 spiro atoms. The summed E-state index contributed by atoms with van der Waals surface area (Å²) < 4.78 is 42.8. The molecule has 2 bridgehead atoms. The third kappa shape index (κ3) is 15.3. The van der Waals surface area contributed by atoms with E-state index in [1.807, 2.05) is 0 Å². The van der Waals surface area contributed by atoms with Crippen molar-refractivity contribution < 1.29 is 123 Å². The molecule has 5 saturated heterocycles. The molecule has 2 saturated carbocycles. The number of nitrogens with one attached hydrogen (secondary N) is 7. The molecule has 2 aromatic rings. The molecule has 552 valence electrons. The number of nitrogens with zero attached hydrogens (tertiary/aromatic N) is 3. The minimum atomic E-state index is -2.34. The molecular formula is C63H90N12O25. The van der Waals surface area contributed by atoms with Gasteiger partial charge in [0.2, 0.25) is 41.7 Å². The Balaban J connectivity index is 0.846. The number of aliphatic hydroxyl groups excluding tert-OH is 12. The van der Waals surface area contributed by atoms with Crippen molar-refractivity contribution in [3.05, 3.63) is 65.7 Å². The van der Waals surface area contributed by atoms with Crippen LogP contribution >= 0.6 is 0 Å². The van der Waals surface area contributed by atoms with Gasteiger partial charge >= 0.3 is 0 Å². The molecule has 37 nitrogen and oxygen atoms in total. The number of hydrogen-bond acceptors (Lipinski definition) is 31. The van der Waals surface area contributed by atoms with Crippen molar-refractivity contribution in [1.29, 1.82) is 0 Å². The van der Waals surface area contributed by atoms with Crippen LogP contribution in [0, 0.1) is 11.8 Å². The predicted octanol–water partition coefficient (Wildman–Crippen LogP) is -10.3. The van der Waals surface area contributed by atoms with Crippen LogP contribution in [0.3, 0.4) is 0 Å². The van der Waals surface area contributed by atoms with E-state index in [1.165, 1.54) is 24.3 Å². The lowest BCUT2D eigenvalue weighted by Crippen LogP contribution is -2.70. The van der Waals surface area contributed by atoms with Crippen molar-refractivity contribution in [1.82, 2.24) is 42.1 Å². The lowest BCUT2D eigenvalue weighted by atomic mass is 9.66. The molecule has 25 atom stereocenters. The molecule has 7 heterocycles. The zero-order valence-corrected chi connectivity index (χ0v) is 54.4.